The van der Waals surface area contributed by atoms with Gasteiger partial charge in [-0.15, -0.1) is 0 Å². The van der Waals surface area contributed by atoms with Crippen molar-refractivity contribution in [1.29, 1.82) is 0 Å². The van der Waals surface area contributed by atoms with Crippen molar-refractivity contribution in [2.75, 3.05) is 43.4 Å². The highest BCUT2D eigenvalue weighted by molar-refractivity contribution is 6.32. The molecule has 2 N–H and O–H groups in total. The van der Waals surface area contributed by atoms with Gasteiger partial charge >= 0.3 is 11.1 Å². The highest BCUT2D eigenvalue weighted by Gasteiger charge is 2.47. The molecule has 2 atom stereocenters. The van der Waals surface area contributed by atoms with E-state index in [9.17, 15) is 23.2 Å². The zero-order chi connectivity index (χ0) is 29.6. The number of alkyl halides is 2. The van der Waals surface area contributed by atoms with Gasteiger partial charge < -0.3 is 29.6 Å². The molecule has 220 valence electrons. The summed E-state index contributed by atoms with van der Waals surface area (Å²) in [7, 11) is 3.48. The fourth-order valence-electron chi connectivity index (χ4n) is 5.47. The monoisotopic (exact) mass is 590 g/mol. The third-order valence-corrected chi connectivity index (χ3v) is 8.21. The van der Waals surface area contributed by atoms with Crippen molar-refractivity contribution in [2.45, 2.75) is 38.8 Å². The Balaban J connectivity index is 1.41. The Morgan fingerprint density at radius 2 is 1.76 bits per heavy atom. The van der Waals surface area contributed by atoms with Crippen LogP contribution in [0.15, 0.2) is 34.0 Å². The van der Waals surface area contributed by atoms with Crippen molar-refractivity contribution in [3.8, 4) is 0 Å². The summed E-state index contributed by atoms with van der Waals surface area (Å²) in [5, 5.41) is 6.28. The maximum Gasteiger partial charge on any atom is 0.316 e. The summed E-state index contributed by atoms with van der Waals surface area (Å²) < 4.78 is 31.3. The smallest absolute Gasteiger partial charge is 0.316 e. The molecule has 0 radical (unpaired) electrons. The summed E-state index contributed by atoms with van der Waals surface area (Å²) in [6.45, 7) is 4.78. The van der Waals surface area contributed by atoms with Gasteiger partial charge in [-0.2, -0.15) is 4.98 Å². The van der Waals surface area contributed by atoms with Crippen molar-refractivity contribution in [2.24, 2.45) is 18.9 Å². The number of nitrogens with one attached hydrogen (secondary N) is 2. The molecule has 2 saturated heterocycles. The molecule has 41 heavy (non-hydrogen) atoms. The number of likely N-dealkylation sites (N-methyl/N-ethyl adjacent to an activating group) is 1. The highest BCUT2D eigenvalue weighted by atomic mass is 35.5. The lowest BCUT2D eigenvalue weighted by atomic mass is 9.87. The number of carbonyl (C=O) groups is 1. The van der Waals surface area contributed by atoms with Crippen LogP contribution in [-0.2, 0) is 18.4 Å². The third-order valence-electron chi connectivity index (χ3n) is 7.93. The van der Waals surface area contributed by atoms with Crippen LogP contribution in [0.4, 0.5) is 26.2 Å². The lowest BCUT2D eigenvalue weighted by molar-refractivity contribution is -0.123. The normalized spacial score (nSPS) is 21.1. The summed E-state index contributed by atoms with van der Waals surface area (Å²) in [6, 6.07) is 5.15. The van der Waals surface area contributed by atoms with Crippen molar-refractivity contribution < 1.29 is 13.6 Å². The number of halogens is 3. The highest BCUT2D eigenvalue weighted by Crippen LogP contribution is 2.39. The second-order valence-corrected chi connectivity index (χ2v) is 11.5. The van der Waals surface area contributed by atoms with E-state index >= 15 is 0 Å². The first-order valence-corrected chi connectivity index (χ1v) is 13.9. The summed E-state index contributed by atoms with van der Waals surface area (Å²) in [5.74, 6) is -4.19. The largest absolute Gasteiger partial charge is 0.351 e. The Morgan fingerprint density at radius 3 is 2.41 bits per heavy atom. The van der Waals surface area contributed by atoms with E-state index in [0.717, 1.165) is 13.1 Å². The third kappa shape index (κ3) is 5.65. The standard InChI is InChI=1S/C27H33ClF2N8O3/c1-15-11-37(12-16(2)27(15,29)30)26-31-10-19(28)23(34-26)33-17-5-6-20-21(9-17)38(25(41)24(40)36(20)4)8-7-22(39)32-18-13-35(3)14-18/h5-6,9-10,15-16,18H,7-8,11-14H2,1-4H3,(H,32,39)(H,31,33,34)/t15-,16+. The van der Waals surface area contributed by atoms with Crippen LogP contribution < -0.4 is 26.7 Å². The number of carbonyl (C=O) groups excluding carboxylic acids is 1. The number of amides is 1. The SMILES string of the molecule is C[C@@H]1CN(c2ncc(Cl)c(Nc3ccc4c(c3)n(CCC(=O)NC3CN(C)C3)c(=O)c(=O)n4C)n2)C[C@H](C)C1(F)F. The Bertz CT molecular complexity index is 1590. The number of fused-ring (bicyclic) bond motifs is 1. The molecule has 0 saturated carbocycles. The van der Waals surface area contributed by atoms with Gasteiger partial charge in [0.05, 0.1) is 23.3 Å². The topological polar surface area (TPSA) is 117 Å². The number of aryl methyl sites for hydroxylation is 2. The minimum absolute atomic E-state index is 0.0254. The molecule has 2 fully saturated rings. The molecule has 0 spiro atoms. The van der Waals surface area contributed by atoms with E-state index in [0.29, 0.717) is 16.7 Å². The van der Waals surface area contributed by atoms with E-state index < -0.39 is 28.9 Å². The first kappa shape index (κ1) is 28.9. The molecule has 2 aliphatic rings. The van der Waals surface area contributed by atoms with Crippen LogP contribution in [0.25, 0.3) is 11.0 Å². The Kier molecular flexibility index (Phi) is 7.77. The van der Waals surface area contributed by atoms with Crippen molar-refractivity contribution >= 4 is 46.0 Å². The minimum Gasteiger partial charge on any atom is -0.351 e. The van der Waals surface area contributed by atoms with E-state index in [1.54, 1.807) is 23.1 Å². The Morgan fingerprint density at radius 1 is 1.07 bits per heavy atom. The molecule has 3 aromatic rings. The second kappa shape index (κ2) is 11.0. The minimum atomic E-state index is -2.78. The molecule has 5 rings (SSSR count). The van der Waals surface area contributed by atoms with Gasteiger partial charge in [-0.25, -0.2) is 13.8 Å². The van der Waals surface area contributed by atoms with Crippen LogP contribution in [0.3, 0.4) is 0 Å². The number of rotatable bonds is 7. The molecule has 2 aliphatic heterocycles. The summed E-state index contributed by atoms with van der Waals surface area (Å²) >= 11 is 6.39. The van der Waals surface area contributed by atoms with E-state index in [4.69, 9.17) is 11.6 Å². The van der Waals surface area contributed by atoms with Crippen LogP contribution in [0, 0.1) is 11.8 Å². The van der Waals surface area contributed by atoms with Gasteiger partial charge in [0.15, 0.2) is 5.82 Å². The van der Waals surface area contributed by atoms with Crippen LogP contribution in [0.5, 0.6) is 0 Å². The maximum absolute atomic E-state index is 14.4. The molecule has 1 amide bonds. The molecule has 14 heteroatoms. The predicted molar refractivity (Wildman–Crippen MR) is 153 cm³/mol. The lowest BCUT2D eigenvalue weighted by Crippen LogP contribution is -2.57. The molecule has 11 nitrogen and oxygen atoms in total. The van der Waals surface area contributed by atoms with Gasteiger partial charge in [-0.05, 0) is 25.2 Å². The quantitative estimate of drug-likeness (QED) is 0.403. The first-order chi connectivity index (χ1) is 19.3. The zero-order valence-electron chi connectivity index (χ0n) is 23.3. The molecule has 0 unspecified atom stereocenters. The number of hydrogen-bond acceptors (Lipinski definition) is 8. The van der Waals surface area contributed by atoms with Crippen LogP contribution in [0.1, 0.15) is 20.3 Å². The second-order valence-electron chi connectivity index (χ2n) is 11.1. The summed E-state index contributed by atoms with van der Waals surface area (Å²) in [4.78, 5) is 50.7. The molecule has 2 aromatic heterocycles. The predicted octanol–water partition coefficient (Wildman–Crippen LogP) is 2.43. The maximum atomic E-state index is 14.4. The van der Waals surface area contributed by atoms with Crippen molar-refractivity contribution in [1.82, 2.24) is 29.3 Å². The molecule has 4 heterocycles. The average Bonchev–Trinajstić information content (AvgIpc) is 2.90. The van der Waals surface area contributed by atoms with E-state index in [1.807, 2.05) is 7.05 Å². The number of anilines is 3. The van der Waals surface area contributed by atoms with Crippen LogP contribution in [0.2, 0.25) is 5.02 Å². The number of hydrogen-bond donors (Lipinski definition) is 2. The zero-order valence-corrected chi connectivity index (χ0v) is 24.1. The fraction of sp³-hybridized carbons (Fsp3) is 0.519. The van der Waals surface area contributed by atoms with Gasteiger partial charge in [0.2, 0.25) is 11.9 Å². The fourth-order valence-corrected chi connectivity index (χ4v) is 5.61. The van der Waals surface area contributed by atoms with Crippen LogP contribution in [-0.4, -0.2) is 75.1 Å². The van der Waals surface area contributed by atoms with Crippen molar-refractivity contribution in [3.05, 3.63) is 50.1 Å². The number of aromatic nitrogens is 4. The van der Waals surface area contributed by atoms with Gasteiger partial charge in [0, 0.05) is 63.7 Å². The Labute approximate surface area is 240 Å². The lowest BCUT2D eigenvalue weighted by Gasteiger charge is -2.41. The summed E-state index contributed by atoms with van der Waals surface area (Å²) in [6.07, 6.45) is 1.44. The van der Waals surface area contributed by atoms with E-state index in [1.165, 1.54) is 36.2 Å². The molecular weight excluding hydrogens is 558 g/mol. The van der Waals surface area contributed by atoms with Gasteiger partial charge in [0.25, 0.3) is 5.92 Å². The molecule has 0 bridgehead atoms. The summed E-state index contributed by atoms with van der Waals surface area (Å²) in [5.41, 5.74) is 0.0429. The molecule has 0 aliphatic carbocycles. The molecule has 1 aromatic carbocycles. The molecular formula is C27H33ClF2N8O3. The number of benzene rings is 1. The van der Waals surface area contributed by atoms with Gasteiger partial charge in [-0.3, -0.25) is 14.4 Å². The first-order valence-electron chi connectivity index (χ1n) is 13.5. The number of likely N-dealkylation sites (tertiary alicyclic amines) is 1. The van der Waals surface area contributed by atoms with E-state index in [-0.39, 0.29) is 54.8 Å². The van der Waals surface area contributed by atoms with Crippen LogP contribution >= 0.6 is 11.6 Å². The average molecular weight is 591 g/mol. The number of piperidine rings is 1. The number of nitrogens with zero attached hydrogens (tertiary/aromatic N) is 6. The Hall–Kier alpha value is -3.58. The van der Waals surface area contributed by atoms with Gasteiger partial charge in [-0.1, -0.05) is 25.4 Å². The van der Waals surface area contributed by atoms with E-state index in [2.05, 4.69) is 25.5 Å². The van der Waals surface area contributed by atoms with Gasteiger partial charge in [0.1, 0.15) is 5.02 Å². The van der Waals surface area contributed by atoms with Crippen molar-refractivity contribution in [3.63, 3.8) is 0 Å².